The summed E-state index contributed by atoms with van der Waals surface area (Å²) < 4.78 is 0. The maximum Gasteiger partial charge on any atom is 0.241 e. The summed E-state index contributed by atoms with van der Waals surface area (Å²) in [5.41, 5.74) is 2.50. The van der Waals surface area contributed by atoms with Crippen molar-refractivity contribution in [3.8, 4) is 0 Å². The van der Waals surface area contributed by atoms with Crippen molar-refractivity contribution >= 4 is 23.1 Å². The molecule has 0 bridgehead atoms. The van der Waals surface area contributed by atoms with Gasteiger partial charge in [-0.2, -0.15) is 0 Å². The number of rotatable bonds is 3. The molecule has 5 heteroatoms. The highest BCUT2D eigenvalue weighted by atomic mass is 35.5. The first-order valence-corrected chi connectivity index (χ1v) is 9.13. The fraction of sp³-hybridized carbons (Fsp3) is 0.526. The maximum absolute atomic E-state index is 12.8. The van der Waals surface area contributed by atoms with Crippen LogP contribution in [0.3, 0.4) is 0 Å². The van der Waals surface area contributed by atoms with Gasteiger partial charge >= 0.3 is 0 Å². The summed E-state index contributed by atoms with van der Waals surface area (Å²) in [4.78, 5) is 17.1. The van der Waals surface area contributed by atoms with E-state index in [4.69, 9.17) is 11.6 Å². The molecule has 2 heterocycles. The van der Waals surface area contributed by atoms with Crippen molar-refractivity contribution in [2.45, 2.75) is 32.4 Å². The first kappa shape index (κ1) is 17.5. The van der Waals surface area contributed by atoms with E-state index in [0.29, 0.717) is 12.6 Å². The Hall–Kier alpha value is -1.36. The average Bonchev–Trinajstić information content (AvgIpc) is 2.62. The second kappa shape index (κ2) is 7.68. The predicted molar refractivity (Wildman–Crippen MR) is 99.1 cm³/mol. The van der Waals surface area contributed by atoms with Crippen LogP contribution in [0.25, 0.3) is 5.57 Å². The van der Waals surface area contributed by atoms with Crippen molar-refractivity contribution in [3.63, 3.8) is 0 Å². The lowest BCUT2D eigenvalue weighted by Crippen LogP contribution is -2.59. The van der Waals surface area contributed by atoms with E-state index < -0.39 is 0 Å². The Labute approximate surface area is 149 Å². The molecule has 130 valence electrons. The Morgan fingerprint density at radius 3 is 2.62 bits per heavy atom. The second-order valence-corrected chi connectivity index (χ2v) is 7.30. The van der Waals surface area contributed by atoms with Gasteiger partial charge in [0.05, 0.1) is 6.04 Å². The molecular formula is C19H26ClN3O. The van der Waals surface area contributed by atoms with E-state index in [2.05, 4.69) is 42.3 Å². The van der Waals surface area contributed by atoms with E-state index in [-0.39, 0.29) is 11.9 Å². The van der Waals surface area contributed by atoms with Gasteiger partial charge in [-0.15, -0.1) is 0 Å². The standard InChI is InChI=1S/C19H26ClN3O/c1-14(2)23-12-9-21-18(13-23)19(24)22-10-7-16(8-11-22)15-3-5-17(20)6-4-15/h3-7,14,18,21H,8-13H2,1-2H3/t18-/m1/s1. The van der Waals surface area contributed by atoms with Crippen LogP contribution in [0.5, 0.6) is 0 Å². The molecule has 2 aliphatic heterocycles. The minimum absolute atomic E-state index is 0.0772. The summed E-state index contributed by atoms with van der Waals surface area (Å²) in [6.45, 7) is 8.56. The number of hydrogen-bond donors (Lipinski definition) is 1. The van der Waals surface area contributed by atoms with Crippen molar-refractivity contribution in [3.05, 3.63) is 40.9 Å². The van der Waals surface area contributed by atoms with E-state index in [0.717, 1.165) is 37.6 Å². The maximum atomic E-state index is 12.8. The third-order valence-electron chi connectivity index (χ3n) is 4.97. The largest absolute Gasteiger partial charge is 0.337 e. The van der Waals surface area contributed by atoms with Gasteiger partial charge in [0.25, 0.3) is 0 Å². The molecule has 1 saturated heterocycles. The van der Waals surface area contributed by atoms with E-state index in [1.54, 1.807) is 0 Å². The molecule has 0 unspecified atom stereocenters. The van der Waals surface area contributed by atoms with Gasteiger partial charge in [0.2, 0.25) is 5.91 Å². The highest BCUT2D eigenvalue weighted by Gasteiger charge is 2.30. The quantitative estimate of drug-likeness (QED) is 0.913. The van der Waals surface area contributed by atoms with E-state index in [9.17, 15) is 4.79 Å². The molecule has 3 rings (SSSR count). The number of piperazine rings is 1. The van der Waals surface area contributed by atoms with Crippen LogP contribution < -0.4 is 5.32 Å². The predicted octanol–water partition coefficient (Wildman–Crippen LogP) is 2.64. The molecule has 0 radical (unpaired) electrons. The Kier molecular flexibility index (Phi) is 5.59. The first-order valence-electron chi connectivity index (χ1n) is 8.76. The van der Waals surface area contributed by atoms with Crippen LogP contribution in [0.2, 0.25) is 5.02 Å². The van der Waals surface area contributed by atoms with Crippen molar-refractivity contribution in [2.75, 3.05) is 32.7 Å². The van der Waals surface area contributed by atoms with Crippen molar-refractivity contribution in [2.24, 2.45) is 0 Å². The topological polar surface area (TPSA) is 35.6 Å². The zero-order chi connectivity index (χ0) is 17.1. The SMILES string of the molecule is CC(C)N1CCN[C@@H](C(=O)N2CC=C(c3ccc(Cl)cc3)CC2)C1. The number of amides is 1. The molecule has 1 fully saturated rings. The van der Waals surface area contributed by atoms with Crippen molar-refractivity contribution < 1.29 is 4.79 Å². The number of nitrogens with zero attached hydrogens (tertiary/aromatic N) is 2. The molecular weight excluding hydrogens is 322 g/mol. The summed E-state index contributed by atoms with van der Waals surface area (Å²) in [7, 11) is 0. The monoisotopic (exact) mass is 347 g/mol. The highest BCUT2D eigenvalue weighted by molar-refractivity contribution is 6.30. The number of benzene rings is 1. The molecule has 2 aliphatic rings. The lowest BCUT2D eigenvalue weighted by Gasteiger charge is -2.38. The minimum Gasteiger partial charge on any atom is -0.337 e. The summed E-state index contributed by atoms with van der Waals surface area (Å²) in [5, 5.41) is 4.14. The lowest BCUT2D eigenvalue weighted by molar-refractivity contribution is -0.134. The van der Waals surface area contributed by atoms with Gasteiger partial charge in [-0.05, 0) is 43.5 Å². The van der Waals surface area contributed by atoms with Gasteiger partial charge in [-0.25, -0.2) is 0 Å². The normalized spacial score (nSPS) is 22.6. The highest BCUT2D eigenvalue weighted by Crippen LogP contribution is 2.24. The van der Waals surface area contributed by atoms with E-state index in [1.807, 2.05) is 17.0 Å². The zero-order valence-electron chi connectivity index (χ0n) is 14.5. The number of carbonyl (C=O) groups excluding carboxylic acids is 1. The van der Waals surface area contributed by atoms with Crippen LogP contribution in [0.4, 0.5) is 0 Å². The van der Waals surface area contributed by atoms with Gasteiger partial charge < -0.3 is 10.2 Å². The van der Waals surface area contributed by atoms with Gasteiger partial charge in [-0.3, -0.25) is 9.69 Å². The van der Waals surface area contributed by atoms with Gasteiger partial charge in [0.15, 0.2) is 0 Å². The Bertz CT molecular complexity index is 612. The summed E-state index contributed by atoms with van der Waals surface area (Å²) >= 11 is 5.95. The molecule has 0 aromatic heterocycles. The number of hydrogen-bond acceptors (Lipinski definition) is 3. The van der Waals surface area contributed by atoms with Gasteiger partial charge in [0, 0.05) is 43.8 Å². The van der Waals surface area contributed by atoms with Crippen molar-refractivity contribution in [1.29, 1.82) is 0 Å². The Balaban J connectivity index is 1.61. The number of carbonyl (C=O) groups is 1. The van der Waals surface area contributed by atoms with Crippen LogP contribution in [0.15, 0.2) is 30.3 Å². The summed E-state index contributed by atoms with van der Waals surface area (Å²) in [6.07, 6.45) is 3.07. The lowest BCUT2D eigenvalue weighted by atomic mass is 9.99. The second-order valence-electron chi connectivity index (χ2n) is 6.87. The number of nitrogens with one attached hydrogen (secondary N) is 1. The number of halogens is 1. The Morgan fingerprint density at radius 2 is 2.00 bits per heavy atom. The smallest absolute Gasteiger partial charge is 0.241 e. The molecule has 1 aromatic carbocycles. The third-order valence-corrected chi connectivity index (χ3v) is 5.22. The van der Waals surface area contributed by atoms with Crippen LogP contribution in [-0.2, 0) is 4.79 Å². The summed E-state index contributed by atoms with van der Waals surface area (Å²) in [6, 6.07) is 8.35. The fourth-order valence-electron chi connectivity index (χ4n) is 3.42. The molecule has 1 aromatic rings. The summed E-state index contributed by atoms with van der Waals surface area (Å²) in [5.74, 6) is 0.228. The van der Waals surface area contributed by atoms with E-state index >= 15 is 0 Å². The Morgan fingerprint density at radius 1 is 1.25 bits per heavy atom. The van der Waals surface area contributed by atoms with Gasteiger partial charge in [0.1, 0.15) is 0 Å². The van der Waals surface area contributed by atoms with Gasteiger partial charge in [-0.1, -0.05) is 29.8 Å². The minimum atomic E-state index is -0.0772. The van der Waals surface area contributed by atoms with Crippen molar-refractivity contribution in [1.82, 2.24) is 15.1 Å². The average molecular weight is 348 g/mol. The molecule has 0 aliphatic carbocycles. The zero-order valence-corrected chi connectivity index (χ0v) is 15.2. The first-order chi connectivity index (χ1) is 11.5. The molecule has 1 amide bonds. The van der Waals surface area contributed by atoms with Crippen LogP contribution >= 0.6 is 11.6 Å². The third kappa shape index (κ3) is 4.00. The molecule has 0 saturated carbocycles. The molecule has 1 N–H and O–H groups in total. The fourth-order valence-corrected chi connectivity index (χ4v) is 3.55. The molecule has 1 atom stereocenters. The molecule has 24 heavy (non-hydrogen) atoms. The van der Waals surface area contributed by atoms with E-state index in [1.165, 1.54) is 11.1 Å². The molecule has 4 nitrogen and oxygen atoms in total. The molecule has 0 spiro atoms. The van der Waals surface area contributed by atoms with Crippen LogP contribution in [0.1, 0.15) is 25.8 Å². The van der Waals surface area contributed by atoms with Crippen LogP contribution in [0, 0.1) is 0 Å². The van der Waals surface area contributed by atoms with Crippen LogP contribution in [-0.4, -0.2) is 60.5 Å².